The van der Waals surface area contributed by atoms with E-state index in [2.05, 4.69) is 53.8 Å². The van der Waals surface area contributed by atoms with Gasteiger partial charge in [-0.25, -0.2) is 4.98 Å². The molecule has 0 bridgehead atoms. The highest BCUT2D eigenvalue weighted by Crippen LogP contribution is 2.35. The summed E-state index contributed by atoms with van der Waals surface area (Å²) in [5.74, 6) is 0. The Labute approximate surface area is 121 Å². The molecule has 0 aromatic carbocycles. The normalized spacial score (nSPS) is 22.2. The molecule has 1 fully saturated rings. The first-order valence-corrected chi connectivity index (χ1v) is 7.74. The molecule has 2 aromatic rings. The number of nitrogens with zero attached hydrogens (tertiary/aromatic N) is 2. The number of aromatic nitrogens is 2. The molecule has 2 aromatic heterocycles. The summed E-state index contributed by atoms with van der Waals surface area (Å²) in [5, 5.41) is 3.79. The van der Waals surface area contributed by atoms with E-state index in [1.54, 1.807) is 0 Å². The minimum absolute atomic E-state index is 0.409. The van der Waals surface area contributed by atoms with Crippen LogP contribution in [0, 0.1) is 12.3 Å². The van der Waals surface area contributed by atoms with Crippen LogP contribution < -0.4 is 5.32 Å². The van der Waals surface area contributed by atoms with Crippen LogP contribution in [0.3, 0.4) is 0 Å². The third-order valence-corrected chi connectivity index (χ3v) is 4.85. The topological polar surface area (TPSA) is 29.3 Å². The first-order valence-electron chi connectivity index (χ1n) is 7.74. The molecule has 0 spiro atoms. The van der Waals surface area contributed by atoms with E-state index in [9.17, 15) is 0 Å². The van der Waals surface area contributed by atoms with E-state index in [4.69, 9.17) is 0 Å². The fraction of sp³-hybridized carbons (Fsp3) is 0.588. The van der Waals surface area contributed by atoms with Crippen LogP contribution in [0.25, 0.3) is 5.65 Å². The zero-order chi connectivity index (χ0) is 14.2. The van der Waals surface area contributed by atoms with E-state index in [0.29, 0.717) is 11.5 Å². The first-order chi connectivity index (χ1) is 9.58. The predicted molar refractivity (Wildman–Crippen MR) is 82.8 cm³/mol. The fourth-order valence-electron chi connectivity index (χ4n) is 3.47. The van der Waals surface area contributed by atoms with Crippen LogP contribution in [0.5, 0.6) is 0 Å². The van der Waals surface area contributed by atoms with Gasteiger partial charge in [0.2, 0.25) is 0 Å². The largest absolute Gasteiger partial charge is 0.308 e. The number of pyridine rings is 1. The zero-order valence-corrected chi connectivity index (χ0v) is 12.8. The van der Waals surface area contributed by atoms with Gasteiger partial charge < -0.3 is 9.72 Å². The van der Waals surface area contributed by atoms with Gasteiger partial charge >= 0.3 is 0 Å². The molecule has 0 radical (unpaired) electrons. The smallest absolute Gasteiger partial charge is 0.137 e. The molecule has 1 aliphatic rings. The third-order valence-electron chi connectivity index (χ3n) is 4.85. The predicted octanol–water partition coefficient (Wildman–Crippen LogP) is 3.70. The Hall–Kier alpha value is -1.35. The van der Waals surface area contributed by atoms with Gasteiger partial charge in [0.1, 0.15) is 5.65 Å². The summed E-state index contributed by atoms with van der Waals surface area (Å²) < 4.78 is 2.21. The van der Waals surface area contributed by atoms with Crippen molar-refractivity contribution in [1.82, 2.24) is 14.7 Å². The van der Waals surface area contributed by atoms with Crippen molar-refractivity contribution < 1.29 is 0 Å². The number of hydrogen-bond donors (Lipinski definition) is 1. The standard InChI is InChI=1S/C17H25N3/c1-13-14(20-11-7-5-9-16(20)19-13)12-18-15-8-4-6-10-17(15,2)3/h5,7,9,11,15,18H,4,6,8,10,12H2,1-3H3. The second-order valence-corrected chi connectivity index (χ2v) is 6.74. The highest BCUT2D eigenvalue weighted by atomic mass is 15.1. The molecule has 1 aliphatic carbocycles. The van der Waals surface area contributed by atoms with Crippen LogP contribution in [0.15, 0.2) is 24.4 Å². The maximum Gasteiger partial charge on any atom is 0.137 e. The van der Waals surface area contributed by atoms with Crippen molar-refractivity contribution in [2.45, 2.75) is 59.0 Å². The van der Waals surface area contributed by atoms with Crippen molar-refractivity contribution in [2.75, 3.05) is 0 Å². The van der Waals surface area contributed by atoms with E-state index < -0.39 is 0 Å². The van der Waals surface area contributed by atoms with E-state index in [0.717, 1.165) is 17.9 Å². The second kappa shape index (κ2) is 5.21. The molecular formula is C17H25N3. The molecule has 1 N–H and O–H groups in total. The van der Waals surface area contributed by atoms with Gasteiger partial charge in [-0.1, -0.05) is 32.8 Å². The SMILES string of the molecule is Cc1nc2ccccn2c1CNC1CCCCC1(C)C. The summed E-state index contributed by atoms with van der Waals surface area (Å²) in [4.78, 5) is 4.64. The maximum atomic E-state index is 4.64. The number of rotatable bonds is 3. The average molecular weight is 271 g/mol. The summed E-state index contributed by atoms with van der Waals surface area (Å²) in [6, 6.07) is 6.80. The zero-order valence-electron chi connectivity index (χ0n) is 12.8. The van der Waals surface area contributed by atoms with Gasteiger partial charge in [0, 0.05) is 18.8 Å². The summed E-state index contributed by atoms with van der Waals surface area (Å²) in [6.45, 7) is 7.80. The molecule has 0 saturated heterocycles. The maximum absolute atomic E-state index is 4.64. The number of imidazole rings is 1. The molecule has 1 saturated carbocycles. The van der Waals surface area contributed by atoms with Crippen molar-refractivity contribution >= 4 is 5.65 Å². The van der Waals surface area contributed by atoms with Gasteiger partial charge in [0.15, 0.2) is 0 Å². The van der Waals surface area contributed by atoms with Gasteiger partial charge in [0.25, 0.3) is 0 Å². The summed E-state index contributed by atoms with van der Waals surface area (Å²) in [6.07, 6.45) is 7.46. The van der Waals surface area contributed by atoms with Crippen LogP contribution in [0.4, 0.5) is 0 Å². The fourth-order valence-corrected chi connectivity index (χ4v) is 3.47. The lowest BCUT2D eigenvalue weighted by Crippen LogP contribution is -2.43. The molecule has 3 rings (SSSR count). The second-order valence-electron chi connectivity index (χ2n) is 6.74. The van der Waals surface area contributed by atoms with Crippen molar-refractivity contribution in [2.24, 2.45) is 5.41 Å². The Balaban J connectivity index is 1.78. The van der Waals surface area contributed by atoms with E-state index in [1.165, 1.54) is 31.4 Å². The summed E-state index contributed by atoms with van der Waals surface area (Å²) in [5.41, 5.74) is 3.89. The number of aryl methyl sites for hydroxylation is 1. The molecule has 108 valence electrons. The Kier molecular flexibility index (Phi) is 3.55. The van der Waals surface area contributed by atoms with Gasteiger partial charge in [-0.15, -0.1) is 0 Å². The number of hydrogen-bond acceptors (Lipinski definition) is 2. The summed E-state index contributed by atoms with van der Waals surface area (Å²) >= 11 is 0. The molecule has 1 unspecified atom stereocenters. The van der Waals surface area contributed by atoms with Gasteiger partial charge in [-0.3, -0.25) is 0 Å². The Morgan fingerprint density at radius 2 is 2.20 bits per heavy atom. The van der Waals surface area contributed by atoms with Gasteiger partial charge in [-0.2, -0.15) is 0 Å². The molecule has 2 heterocycles. The van der Waals surface area contributed by atoms with E-state index in [-0.39, 0.29) is 0 Å². The van der Waals surface area contributed by atoms with Crippen molar-refractivity contribution in [3.8, 4) is 0 Å². The summed E-state index contributed by atoms with van der Waals surface area (Å²) in [7, 11) is 0. The van der Waals surface area contributed by atoms with Crippen molar-refractivity contribution in [3.63, 3.8) is 0 Å². The monoisotopic (exact) mass is 271 g/mol. The first kappa shape index (κ1) is 13.6. The molecule has 3 nitrogen and oxygen atoms in total. The molecule has 20 heavy (non-hydrogen) atoms. The molecule has 3 heteroatoms. The lowest BCUT2D eigenvalue weighted by Gasteiger charge is -2.39. The quantitative estimate of drug-likeness (QED) is 0.922. The molecule has 1 atom stereocenters. The van der Waals surface area contributed by atoms with E-state index in [1.807, 2.05) is 6.07 Å². The van der Waals surface area contributed by atoms with Crippen LogP contribution in [-0.4, -0.2) is 15.4 Å². The lowest BCUT2D eigenvalue weighted by molar-refractivity contribution is 0.166. The Morgan fingerprint density at radius 3 is 3.00 bits per heavy atom. The molecule has 0 aliphatic heterocycles. The minimum atomic E-state index is 0.409. The average Bonchev–Trinajstić information content (AvgIpc) is 2.73. The third kappa shape index (κ3) is 2.47. The Morgan fingerprint density at radius 1 is 1.35 bits per heavy atom. The van der Waals surface area contributed by atoms with Crippen LogP contribution in [0.1, 0.15) is 50.9 Å². The van der Waals surface area contributed by atoms with Crippen molar-refractivity contribution in [3.05, 3.63) is 35.8 Å². The molecular weight excluding hydrogens is 246 g/mol. The van der Waals surface area contributed by atoms with Gasteiger partial charge in [0.05, 0.1) is 11.4 Å². The number of nitrogens with one attached hydrogen (secondary N) is 1. The van der Waals surface area contributed by atoms with Crippen molar-refractivity contribution in [1.29, 1.82) is 0 Å². The molecule has 0 amide bonds. The minimum Gasteiger partial charge on any atom is -0.308 e. The van der Waals surface area contributed by atoms with Crippen LogP contribution in [0.2, 0.25) is 0 Å². The lowest BCUT2D eigenvalue weighted by atomic mass is 9.73. The highest BCUT2D eigenvalue weighted by Gasteiger charge is 2.31. The Bertz CT molecular complexity index is 597. The van der Waals surface area contributed by atoms with Crippen LogP contribution in [-0.2, 0) is 6.54 Å². The van der Waals surface area contributed by atoms with E-state index >= 15 is 0 Å². The highest BCUT2D eigenvalue weighted by molar-refractivity contribution is 5.42. The number of fused-ring (bicyclic) bond motifs is 1. The van der Waals surface area contributed by atoms with Crippen LogP contribution >= 0.6 is 0 Å². The van der Waals surface area contributed by atoms with Gasteiger partial charge in [-0.05, 0) is 37.3 Å².